The molecule has 1 fully saturated rings. The van der Waals surface area contributed by atoms with Crippen molar-refractivity contribution in [3.05, 3.63) is 29.8 Å². The van der Waals surface area contributed by atoms with E-state index in [2.05, 4.69) is 5.32 Å². The van der Waals surface area contributed by atoms with Gasteiger partial charge in [0.15, 0.2) is 0 Å². The molecule has 1 saturated heterocycles. The first-order valence-corrected chi connectivity index (χ1v) is 8.08. The maximum atomic E-state index is 12.7. The molecule has 0 bridgehead atoms. The third-order valence-corrected chi connectivity index (χ3v) is 3.89. The molecule has 138 valence electrons. The Morgan fingerprint density at radius 1 is 1.24 bits per heavy atom. The molecular weight excluding hydrogens is 337 g/mol. The number of nitrogens with zero attached hydrogens (tertiary/aromatic N) is 1. The van der Waals surface area contributed by atoms with Crippen molar-refractivity contribution in [2.45, 2.75) is 25.9 Å². The molecule has 25 heavy (non-hydrogen) atoms. The van der Waals surface area contributed by atoms with E-state index in [1.165, 1.54) is 12.1 Å². The average Bonchev–Trinajstić information content (AvgIpc) is 2.54. The molecule has 1 heterocycles. The minimum Gasteiger partial charge on any atom is -0.378 e. The Balaban J connectivity index is 1.84. The van der Waals surface area contributed by atoms with Gasteiger partial charge in [0.25, 0.3) is 0 Å². The molecule has 0 saturated carbocycles. The Kier molecular flexibility index (Phi) is 6.41. The van der Waals surface area contributed by atoms with Gasteiger partial charge in [-0.1, -0.05) is 13.0 Å². The van der Waals surface area contributed by atoms with Crippen LogP contribution >= 0.6 is 0 Å². The van der Waals surface area contributed by atoms with Crippen LogP contribution in [0.5, 0.6) is 0 Å². The number of benzene rings is 1. The first-order chi connectivity index (χ1) is 11.8. The summed E-state index contributed by atoms with van der Waals surface area (Å²) in [5.74, 6) is -0.662. The zero-order valence-electron chi connectivity index (χ0n) is 13.9. The van der Waals surface area contributed by atoms with Crippen LogP contribution in [0.3, 0.4) is 0 Å². The maximum absolute atomic E-state index is 12.7. The topological polar surface area (TPSA) is 58.6 Å². The minimum absolute atomic E-state index is 0.0392. The van der Waals surface area contributed by atoms with Crippen molar-refractivity contribution in [3.8, 4) is 0 Å². The van der Waals surface area contributed by atoms with Gasteiger partial charge in [-0.05, 0) is 24.1 Å². The molecule has 0 aliphatic carbocycles. The van der Waals surface area contributed by atoms with E-state index in [-0.39, 0.29) is 30.4 Å². The van der Waals surface area contributed by atoms with Gasteiger partial charge >= 0.3 is 6.18 Å². The Morgan fingerprint density at radius 2 is 1.92 bits per heavy atom. The van der Waals surface area contributed by atoms with Crippen molar-refractivity contribution in [3.63, 3.8) is 0 Å². The van der Waals surface area contributed by atoms with Crippen LogP contribution in [0.15, 0.2) is 24.3 Å². The van der Waals surface area contributed by atoms with Crippen LogP contribution in [-0.2, 0) is 20.5 Å². The van der Waals surface area contributed by atoms with Crippen LogP contribution in [0, 0.1) is 5.92 Å². The Hall–Kier alpha value is -2.09. The van der Waals surface area contributed by atoms with E-state index in [1.54, 1.807) is 11.8 Å². The highest BCUT2D eigenvalue weighted by molar-refractivity contribution is 5.91. The predicted molar refractivity (Wildman–Crippen MR) is 85.9 cm³/mol. The molecule has 2 amide bonds. The van der Waals surface area contributed by atoms with Crippen LogP contribution in [0.4, 0.5) is 18.9 Å². The smallest absolute Gasteiger partial charge is 0.378 e. The fraction of sp³-hybridized carbons (Fsp3) is 0.529. The summed E-state index contributed by atoms with van der Waals surface area (Å²) in [6.07, 6.45) is -4.18. The second-order valence-corrected chi connectivity index (χ2v) is 6.13. The van der Waals surface area contributed by atoms with Gasteiger partial charge < -0.3 is 15.0 Å². The second-order valence-electron chi connectivity index (χ2n) is 6.13. The standard InChI is InChI=1S/C17H21F3N2O3/c1-12(10-16(24)22-5-7-25-8-6-22)9-15(23)21-14-4-2-3-13(11-14)17(18,19)20/h2-4,11-12H,5-10H2,1H3,(H,21,23). The molecule has 1 aromatic rings. The number of ether oxygens (including phenoxy) is 1. The molecular formula is C17H21F3N2O3. The highest BCUT2D eigenvalue weighted by atomic mass is 19.4. The number of carbonyl (C=O) groups excluding carboxylic acids is 2. The predicted octanol–water partition coefficient (Wildman–Crippen LogP) is 2.92. The van der Waals surface area contributed by atoms with Crippen LogP contribution in [0.2, 0.25) is 0 Å². The van der Waals surface area contributed by atoms with E-state index < -0.39 is 17.6 Å². The van der Waals surface area contributed by atoms with Gasteiger partial charge in [0.05, 0.1) is 18.8 Å². The zero-order chi connectivity index (χ0) is 18.4. The Labute approximate surface area is 144 Å². The molecule has 8 heteroatoms. The summed E-state index contributed by atoms with van der Waals surface area (Å²) in [5, 5.41) is 2.45. The lowest BCUT2D eigenvalue weighted by Crippen LogP contribution is -2.41. The summed E-state index contributed by atoms with van der Waals surface area (Å²) in [4.78, 5) is 25.8. The molecule has 1 aliphatic rings. The Bertz CT molecular complexity index is 613. The number of hydrogen-bond acceptors (Lipinski definition) is 3. The third-order valence-electron chi connectivity index (χ3n) is 3.89. The molecule has 1 aromatic carbocycles. The number of anilines is 1. The number of halogens is 3. The number of hydrogen-bond donors (Lipinski definition) is 1. The van der Waals surface area contributed by atoms with Gasteiger partial charge in [-0.15, -0.1) is 0 Å². The van der Waals surface area contributed by atoms with E-state index in [4.69, 9.17) is 4.74 Å². The largest absolute Gasteiger partial charge is 0.416 e. The average molecular weight is 358 g/mol. The number of carbonyl (C=O) groups is 2. The van der Waals surface area contributed by atoms with Crippen LogP contribution in [0.25, 0.3) is 0 Å². The highest BCUT2D eigenvalue weighted by Crippen LogP contribution is 2.30. The first-order valence-electron chi connectivity index (χ1n) is 8.08. The fourth-order valence-electron chi connectivity index (χ4n) is 2.61. The lowest BCUT2D eigenvalue weighted by molar-refractivity contribution is -0.138. The quantitative estimate of drug-likeness (QED) is 0.881. The van der Waals surface area contributed by atoms with Crippen LogP contribution in [-0.4, -0.2) is 43.0 Å². The first kappa shape index (κ1) is 19.2. The molecule has 1 aliphatic heterocycles. The van der Waals surface area contributed by atoms with Gasteiger partial charge in [0.2, 0.25) is 11.8 Å². The molecule has 1 unspecified atom stereocenters. The molecule has 0 spiro atoms. The Morgan fingerprint density at radius 3 is 2.56 bits per heavy atom. The molecule has 5 nitrogen and oxygen atoms in total. The lowest BCUT2D eigenvalue weighted by Gasteiger charge is -2.27. The van der Waals surface area contributed by atoms with E-state index in [9.17, 15) is 22.8 Å². The summed E-state index contributed by atoms with van der Waals surface area (Å²) in [5.41, 5.74) is -0.729. The van der Waals surface area contributed by atoms with E-state index >= 15 is 0 Å². The summed E-state index contributed by atoms with van der Waals surface area (Å²) >= 11 is 0. The minimum atomic E-state index is -4.46. The molecule has 1 atom stereocenters. The summed E-state index contributed by atoms with van der Waals surface area (Å²) in [7, 11) is 0. The van der Waals surface area contributed by atoms with Crippen molar-refractivity contribution in [1.29, 1.82) is 0 Å². The summed E-state index contributed by atoms with van der Waals surface area (Å²) in [6, 6.07) is 4.47. The lowest BCUT2D eigenvalue weighted by atomic mass is 10.0. The number of rotatable bonds is 5. The van der Waals surface area contributed by atoms with Crippen LogP contribution < -0.4 is 5.32 Å². The number of nitrogens with one attached hydrogen (secondary N) is 1. The van der Waals surface area contributed by atoms with Gasteiger partial charge in [-0.3, -0.25) is 9.59 Å². The third kappa shape index (κ3) is 6.04. The van der Waals surface area contributed by atoms with Crippen LogP contribution in [0.1, 0.15) is 25.3 Å². The normalized spacial score (nSPS) is 16.4. The van der Waals surface area contributed by atoms with Gasteiger partial charge in [-0.2, -0.15) is 13.2 Å². The second kappa shape index (κ2) is 8.33. The van der Waals surface area contributed by atoms with Crippen molar-refractivity contribution in [2.24, 2.45) is 5.92 Å². The fourth-order valence-corrected chi connectivity index (χ4v) is 2.61. The maximum Gasteiger partial charge on any atom is 0.416 e. The van der Waals surface area contributed by atoms with Crippen molar-refractivity contribution in [1.82, 2.24) is 4.90 Å². The highest BCUT2D eigenvalue weighted by Gasteiger charge is 2.30. The monoisotopic (exact) mass is 358 g/mol. The number of morpholine rings is 1. The summed E-state index contributed by atoms with van der Waals surface area (Å²) in [6.45, 7) is 3.88. The zero-order valence-corrected chi connectivity index (χ0v) is 13.9. The van der Waals surface area contributed by atoms with E-state index in [0.29, 0.717) is 26.3 Å². The summed E-state index contributed by atoms with van der Waals surface area (Å²) < 4.78 is 43.2. The molecule has 0 aromatic heterocycles. The molecule has 0 radical (unpaired) electrons. The SMILES string of the molecule is CC(CC(=O)Nc1cccc(C(F)(F)F)c1)CC(=O)N1CCOCC1. The van der Waals surface area contributed by atoms with Crippen molar-refractivity contribution < 1.29 is 27.5 Å². The van der Waals surface area contributed by atoms with E-state index in [0.717, 1.165) is 12.1 Å². The van der Waals surface area contributed by atoms with Crippen molar-refractivity contribution >= 4 is 17.5 Å². The van der Waals surface area contributed by atoms with Gasteiger partial charge in [0.1, 0.15) is 0 Å². The van der Waals surface area contributed by atoms with Gasteiger partial charge in [-0.25, -0.2) is 0 Å². The van der Waals surface area contributed by atoms with Gasteiger partial charge in [0, 0.05) is 31.6 Å². The van der Waals surface area contributed by atoms with Crippen molar-refractivity contribution in [2.75, 3.05) is 31.6 Å². The number of alkyl halides is 3. The molecule has 1 N–H and O–H groups in total. The van der Waals surface area contributed by atoms with E-state index in [1.807, 2.05) is 0 Å². The number of amides is 2. The molecule has 2 rings (SSSR count).